The average Bonchev–Trinajstić information content (AvgIpc) is 2.80. The van der Waals surface area contributed by atoms with Gasteiger partial charge in [0.15, 0.2) is 0 Å². The van der Waals surface area contributed by atoms with E-state index in [0.29, 0.717) is 19.7 Å². The van der Waals surface area contributed by atoms with Gasteiger partial charge in [-0.3, -0.25) is 0 Å². The van der Waals surface area contributed by atoms with E-state index in [0.717, 1.165) is 6.61 Å². The van der Waals surface area contributed by atoms with Crippen molar-refractivity contribution in [3.63, 3.8) is 0 Å². The predicted octanol–water partition coefficient (Wildman–Crippen LogP) is 1.02. The van der Waals surface area contributed by atoms with E-state index in [1.165, 1.54) is 0 Å². The second-order valence-corrected chi connectivity index (χ2v) is 5.30. The van der Waals surface area contributed by atoms with Crippen LogP contribution in [0.3, 0.4) is 0 Å². The zero-order chi connectivity index (χ0) is 11.8. The fourth-order valence-corrected chi connectivity index (χ4v) is 1.43. The van der Waals surface area contributed by atoms with E-state index in [4.69, 9.17) is 14.2 Å². The zero-order valence-corrected chi connectivity index (χ0v) is 10.1. The summed E-state index contributed by atoms with van der Waals surface area (Å²) in [5.74, 6) is 0. The molecule has 0 N–H and O–H groups in total. The number of ether oxygens (including phenoxy) is 3. The lowest BCUT2D eigenvalue weighted by Gasteiger charge is -2.39. The summed E-state index contributed by atoms with van der Waals surface area (Å²) in [7, 11) is 0. The van der Waals surface area contributed by atoms with Gasteiger partial charge in [-0.1, -0.05) is 0 Å². The lowest BCUT2D eigenvalue weighted by molar-refractivity contribution is -0.0658. The molecule has 1 atom stereocenters. The molecule has 0 aromatic heterocycles. The van der Waals surface area contributed by atoms with Gasteiger partial charge in [-0.15, -0.1) is 0 Å². The molecule has 0 radical (unpaired) electrons. The van der Waals surface area contributed by atoms with Gasteiger partial charge in [0.05, 0.1) is 32.4 Å². The third-order valence-electron chi connectivity index (χ3n) is 2.42. The number of amides is 1. The topological polar surface area (TPSA) is 51.3 Å². The minimum atomic E-state index is -0.426. The van der Waals surface area contributed by atoms with E-state index in [1.807, 2.05) is 20.8 Å². The molecule has 2 rings (SSSR count). The predicted molar refractivity (Wildman–Crippen MR) is 57.3 cm³/mol. The van der Waals surface area contributed by atoms with Gasteiger partial charge in [0.25, 0.3) is 0 Å². The van der Waals surface area contributed by atoms with Crippen LogP contribution < -0.4 is 0 Å². The lowest BCUT2D eigenvalue weighted by atomic mass is 10.2. The molecule has 1 unspecified atom stereocenters. The lowest BCUT2D eigenvalue weighted by Crippen LogP contribution is -2.56. The third kappa shape index (κ3) is 3.35. The van der Waals surface area contributed by atoms with Crippen LogP contribution in [0.4, 0.5) is 4.79 Å². The van der Waals surface area contributed by atoms with E-state index in [-0.39, 0.29) is 18.3 Å². The Bertz CT molecular complexity index is 264. The number of rotatable bonds is 3. The molecule has 0 saturated carbocycles. The summed E-state index contributed by atoms with van der Waals surface area (Å²) in [6, 6.07) is 0. The summed E-state index contributed by atoms with van der Waals surface area (Å²) < 4.78 is 15.8. The fourth-order valence-electron chi connectivity index (χ4n) is 1.43. The minimum absolute atomic E-state index is 0.150. The molecule has 0 spiro atoms. The number of nitrogens with zero attached hydrogens (tertiary/aromatic N) is 1. The largest absolute Gasteiger partial charge is 0.444 e. The first-order valence-electron chi connectivity index (χ1n) is 5.65. The fraction of sp³-hybridized carbons (Fsp3) is 0.909. The van der Waals surface area contributed by atoms with Crippen molar-refractivity contribution in [3.8, 4) is 0 Å². The number of hydrogen-bond acceptors (Lipinski definition) is 4. The summed E-state index contributed by atoms with van der Waals surface area (Å²) in [4.78, 5) is 13.2. The summed E-state index contributed by atoms with van der Waals surface area (Å²) in [6.07, 6.45) is 0.183. The normalized spacial score (nSPS) is 25.2. The highest BCUT2D eigenvalue weighted by Gasteiger charge is 2.35. The second kappa shape index (κ2) is 4.22. The van der Waals surface area contributed by atoms with Crippen LogP contribution in [0.15, 0.2) is 0 Å². The Morgan fingerprint density at radius 1 is 1.44 bits per heavy atom. The van der Waals surface area contributed by atoms with Crippen LogP contribution in [0.5, 0.6) is 0 Å². The smallest absolute Gasteiger partial charge is 0.410 e. The molecule has 0 aromatic rings. The average molecular weight is 229 g/mol. The molecule has 0 bridgehead atoms. The molecule has 2 aliphatic heterocycles. The Hall–Kier alpha value is -0.810. The summed E-state index contributed by atoms with van der Waals surface area (Å²) in [5.41, 5.74) is -0.426. The number of epoxide rings is 1. The molecule has 92 valence electrons. The first kappa shape index (κ1) is 11.7. The van der Waals surface area contributed by atoms with Crippen LogP contribution in [-0.4, -0.2) is 55.1 Å². The first-order valence-corrected chi connectivity index (χ1v) is 5.65. The molecule has 16 heavy (non-hydrogen) atoms. The van der Waals surface area contributed by atoms with Crippen molar-refractivity contribution >= 4 is 6.09 Å². The second-order valence-electron chi connectivity index (χ2n) is 5.30. The summed E-state index contributed by atoms with van der Waals surface area (Å²) >= 11 is 0. The van der Waals surface area contributed by atoms with Crippen LogP contribution in [0.1, 0.15) is 20.8 Å². The highest BCUT2D eigenvalue weighted by atomic mass is 16.6. The monoisotopic (exact) mass is 229 g/mol. The Labute approximate surface area is 95.6 Å². The van der Waals surface area contributed by atoms with Gasteiger partial charge < -0.3 is 19.1 Å². The van der Waals surface area contributed by atoms with Crippen molar-refractivity contribution in [2.75, 3.05) is 26.3 Å². The molecular weight excluding hydrogens is 210 g/mol. The quantitative estimate of drug-likeness (QED) is 0.678. The Balaban J connectivity index is 1.61. The zero-order valence-electron chi connectivity index (χ0n) is 10.1. The van der Waals surface area contributed by atoms with Gasteiger partial charge in [-0.2, -0.15) is 0 Å². The molecule has 5 heteroatoms. The van der Waals surface area contributed by atoms with Crippen molar-refractivity contribution < 1.29 is 19.0 Å². The highest BCUT2D eigenvalue weighted by molar-refractivity contribution is 5.69. The van der Waals surface area contributed by atoms with E-state index in [2.05, 4.69) is 0 Å². The van der Waals surface area contributed by atoms with Crippen molar-refractivity contribution in [1.82, 2.24) is 4.90 Å². The number of likely N-dealkylation sites (tertiary alicyclic amines) is 1. The molecule has 2 heterocycles. The Morgan fingerprint density at radius 2 is 2.06 bits per heavy atom. The molecule has 2 saturated heterocycles. The molecule has 1 amide bonds. The molecule has 2 aliphatic rings. The summed E-state index contributed by atoms with van der Waals surface area (Å²) in [5, 5.41) is 0. The maximum atomic E-state index is 11.6. The van der Waals surface area contributed by atoms with Crippen molar-refractivity contribution in [1.29, 1.82) is 0 Å². The van der Waals surface area contributed by atoms with E-state index in [9.17, 15) is 4.79 Å². The molecular formula is C11H19NO4. The summed E-state index contributed by atoms with van der Waals surface area (Å²) in [6.45, 7) is 8.30. The van der Waals surface area contributed by atoms with Crippen LogP contribution in [0.25, 0.3) is 0 Å². The molecule has 2 fully saturated rings. The third-order valence-corrected chi connectivity index (χ3v) is 2.42. The van der Waals surface area contributed by atoms with Crippen molar-refractivity contribution in [2.24, 2.45) is 0 Å². The van der Waals surface area contributed by atoms with Crippen LogP contribution in [-0.2, 0) is 14.2 Å². The van der Waals surface area contributed by atoms with Crippen molar-refractivity contribution in [2.45, 2.75) is 38.6 Å². The van der Waals surface area contributed by atoms with Gasteiger partial charge in [0.1, 0.15) is 11.7 Å². The van der Waals surface area contributed by atoms with Crippen molar-refractivity contribution in [3.05, 3.63) is 0 Å². The van der Waals surface area contributed by atoms with Crippen LogP contribution in [0, 0.1) is 0 Å². The Kier molecular flexibility index (Phi) is 3.08. The number of carbonyl (C=O) groups is 1. The van der Waals surface area contributed by atoms with Gasteiger partial charge >= 0.3 is 6.09 Å². The van der Waals surface area contributed by atoms with E-state index < -0.39 is 5.60 Å². The van der Waals surface area contributed by atoms with Crippen LogP contribution in [0.2, 0.25) is 0 Å². The van der Waals surface area contributed by atoms with Gasteiger partial charge in [0, 0.05) is 0 Å². The number of hydrogen-bond donors (Lipinski definition) is 0. The first-order chi connectivity index (χ1) is 7.44. The molecule has 0 aliphatic carbocycles. The Morgan fingerprint density at radius 3 is 2.56 bits per heavy atom. The van der Waals surface area contributed by atoms with Gasteiger partial charge in [-0.05, 0) is 20.8 Å². The SMILES string of the molecule is CC(C)(C)OC(=O)N1CC(OCC2CO2)C1. The van der Waals surface area contributed by atoms with Gasteiger partial charge in [0.2, 0.25) is 0 Å². The maximum absolute atomic E-state index is 11.6. The number of carbonyl (C=O) groups excluding carboxylic acids is 1. The highest BCUT2D eigenvalue weighted by Crippen LogP contribution is 2.18. The van der Waals surface area contributed by atoms with E-state index >= 15 is 0 Å². The van der Waals surface area contributed by atoms with Crippen LogP contribution >= 0.6 is 0 Å². The van der Waals surface area contributed by atoms with E-state index in [1.54, 1.807) is 4.90 Å². The van der Waals surface area contributed by atoms with Gasteiger partial charge in [-0.25, -0.2) is 4.79 Å². The minimum Gasteiger partial charge on any atom is -0.444 e. The molecule has 0 aromatic carbocycles. The standard InChI is InChI=1S/C11H19NO4/c1-11(2,3)16-10(13)12-4-8(5-12)14-6-9-7-15-9/h8-9H,4-7H2,1-3H3. The maximum Gasteiger partial charge on any atom is 0.410 e. The molecule has 5 nitrogen and oxygen atoms in total.